The summed E-state index contributed by atoms with van der Waals surface area (Å²) in [6.45, 7) is 0. The number of hydrazone groups is 1. The molecule has 2 atom stereocenters. The van der Waals surface area contributed by atoms with Gasteiger partial charge in [-0.3, -0.25) is 9.59 Å². The summed E-state index contributed by atoms with van der Waals surface area (Å²) in [7, 11) is 0. The number of hydrogen-bond donors (Lipinski definition) is 0. The van der Waals surface area contributed by atoms with Gasteiger partial charge in [0.05, 0.1) is 11.8 Å². The number of Topliss-reactive ketones (excluding diaryl/α,β-unsaturated/α-hetero) is 1. The van der Waals surface area contributed by atoms with Crippen LogP contribution in [0.5, 0.6) is 0 Å². The van der Waals surface area contributed by atoms with Crippen LogP contribution in [0.15, 0.2) is 95.0 Å². The Morgan fingerprint density at radius 2 is 1.64 bits per heavy atom. The fourth-order valence-electron chi connectivity index (χ4n) is 3.95. The molecule has 0 radical (unpaired) electrons. The Bertz CT molecular complexity index is 1240. The van der Waals surface area contributed by atoms with Crippen molar-refractivity contribution in [3.8, 4) is 0 Å². The Balaban J connectivity index is 1.40. The monoisotopic (exact) mass is 473 g/mol. The fraction of sp³-hybridized carbons (Fsp3) is 0.154. The van der Waals surface area contributed by atoms with E-state index < -0.39 is 5.25 Å². The molecule has 33 heavy (non-hydrogen) atoms. The minimum absolute atomic E-state index is 0.0675. The van der Waals surface area contributed by atoms with Crippen LogP contribution < -0.4 is 0 Å². The molecule has 0 unspecified atom stereocenters. The lowest BCUT2D eigenvalue weighted by atomic mass is 9.99. The van der Waals surface area contributed by atoms with E-state index in [2.05, 4.69) is 4.99 Å². The largest absolute Gasteiger partial charge is 0.294 e. The smallest absolute Gasteiger partial charge is 0.262 e. The van der Waals surface area contributed by atoms with Gasteiger partial charge >= 0.3 is 0 Å². The molecule has 0 aromatic heterocycles. The first kappa shape index (κ1) is 21.6. The number of hydrogen-bond acceptors (Lipinski definition) is 5. The molecule has 2 aliphatic rings. The van der Waals surface area contributed by atoms with Gasteiger partial charge in [-0.2, -0.15) is 10.1 Å². The molecule has 0 fully saturated rings. The lowest BCUT2D eigenvalue weighted by molar-refractivity contribution is -0.117. The second-order valence-corrected chi connectivity index (χ2v) is 9.47. The summed E-state index contributed by atoms with van der Waals surface area (Å²) in [4.78, 5) is 29.7. The van der Waals surface area contributed by atoms with E-state index in [4.69, 9.17) is 16.7 Å². The molecule has 7 heteroatoms. The van der Waals surface area contributed by atoms with Gasteiger partial charge in [-0.05, 0) is 23.3 Å². The lowest BCUT2D eigenvalue weighted by Crippen LogP contribution is -2.24. The molecule has 164 valence electrons. The Kier molecular flexibility index (Phi) is 6.11. The van der Waals surface area contributed by atoms with Crippen LogP contribution in [-0.4, -0.2) is 32.8 Å². The fourth-order valence-corrected chi connectivity index (χ4v) is 5.14. The van der Waals surface area contributed by atoms with Crippen molar-refractivity contribution in [2.24, 2.45) is 10.1 Å². The molecule has 2 heterocycles. The summed E-state index contributed by atoms with van der Waals surface area (Å²) in [5.41, 5.74) is 3.59. The molecule has 0 saturated heterocycles. The predicted octanol–water partition coefficient (Wildman–Crippen LogP) is 5.76. The first-order valence-electron chi connectivity index (χ1n) is 10.6. The molecule has 5 rings (SSSR count). The van der Waals surface area contributed by atoms with Crippen molar-refractivity contribution in [3.05, 3.63) is 107 Å². The summed E-state index contributed by atoms with van der Waals surface area (Å²) in [5, 5.41) is 7.32. The zero-order valence-corrected chi connectivity index (χ0v) is 19.2. The van der Waals surface area contributed by atoms with E-state index in [1.807, 2.05) is 77.8 Å². The summed E-state index contributed by atoms with van der Waals surface area (Å²) in [6, 6.07) is 26.6. The maximum Gasteiger partial charge on any atom is 0.262 e. The molecule has 0 aliphatic carbocycles. The second-order valence-electron chi connectivity index (χ2n) is 7.86. The molecule has 5 nitrogen and oxygen atoms in total. The van der Waals surface area contributed by atoms with Crippen molar-refractivity contribution in [1.82, 2.24) is 5.01 Å². The van der Waals surface area contributed by atoms with Gasteiger partial charge in [-0.15, -0.1) is 0 Å². The quantitative estimate of drug-likeness (QED) is 0.442. The standard InChI is InChI=1S/C26H20ClN3O2S/c27-20-13-11-18(12-14-20)22-15-21(17-7-3-1-4-8-17)29-30(22)26-28-25(32)24(33-26)16-23(31)19-9-5-2-6-10-19/h1-14,22,24H,15-16H2/t22-,24-/m0/s1. The highest BCUT2D eigenvalue weighted by Gasteiger charge is 2.39. The van der Waals surface area contributed by atoms with Gasteiger partial charge in [-0.25, -0.2) is 5.01 Å². The average Bonchev–Trinajstić information content (AvgIpc) is 3.45. The Morgan fingerprint density at radius 3 is 2.33 bits per heavy atom. The van der Waals surface area contributed by atoms with Crippen molar-refractivity contribution >= 4 is 45.9 Å². The van der Waals surface area contributed by atoms with E-state index in [9.17, 15) is 9.59 Å². The number of nitrogens with zero attached hydrogens (tertiary/aromatic N) is 3. The molecule has 3 aromatic rings. The van der Waals surface area contributed by atoms with Gasteiger partial charge in [0.25, 0.3) is 5.91 Å². The third-order valence-corrected chi connectivity index (χ3v) is 7.06. The van der Waals surface area contributed by atoms with Crippen molar-refractivity contribution in [2.75, 3.05) is 0 Å². The van der Waals surface area contributed by atoms with E-state index in [0.717, 1.165) is 16.8 Å². The van der Waals surface area contributed by atoms with E-state index in [1.165, 1.54) is 11.8 Å². The normalized spacial score (nSPS) is 20.0. The number of aliphatic imine (C=N–C) groups is 1. The maximum atomic E-state index is 12.7. The molecule has 0 spiro atoms. The molecule has 3 aromatic carbocycles. The second kappa shape index (κ2) is 9.33. The maximum absolute atomic E-state index is 12.7. The Labute approximate surface area is 201 Å². The van der Waals surface area contributed by atoms with E-state index in [0.29, 0.717) is 22.2 Å². The third-order valence-electron chi connectivity index (χ3n) is 5.66. The van der Waals surface area contributed by atoms with E-state index in [-0.39, 0.29) is 24.2 Å². The summed E-state index contributed by atoms with van der Waals surface area (Å²) >= 11 is 7.41. The van der Waals surface area contributed by atoms with Crippen LogP contribution in [0.2, 0.25) is 5.02 Å². The van der Waals surface area contributed by atoms with Crippen LogP contribution in [0, 0.1) is 0 Å². The highest BCUT2D eigenvalue weighted by atomic mass is 35.5. The molecule has 0 saturated carbocycles. The van der Waals surface area contributed by atoms with Gasteiger partial charge in [-0.1, -0.05) is 96.2 Å². The highest BCUT2D eigenvalue weighted by molar-refractivity contribution is 8.15. The van der Waals surface area contributed by atoms with Crippen LogP contribution >= 0.6 is 23.4 Å². The summed E-state index contributed by atoms with van der Waals surface area (Å²) in [5.74, 6) is -0.362. The van der Waals surface area contributed by atoms with Gasteiger partial charge in [0.2, 0.25) is 0 Å². The topological polar surface area (TPSA) is 62.1 Å². The SMILES string of the molecule is O=C(C[C@@H]1SC(N2N=C(c3ccccc3)C[C@H]2c2ccc(Cl)cc2)=NC1=O)c1ccccc1. The molecule has 0 N–H and O–H groups in total. The number of carbonyl (C=O) groups excluding carboxylic acids is 2. The first-order valence-corrected chi connectivity index (χ1v) is 11.9. The lowest BCUT2D eigenvalue weighted by Gasteiger charge is -2.23. The molecular formula is C26H20ClN3O2S. The van der Waals surface area contributed by atoms with Gasteiger partial charge in [0.1, 0.15) is 5.25 Å². The minimum Gasteiger partial charge on any atom is -0.294 e. The zero-order valence-electron chi connectivity index (χ0n) is 17.6. The number of amides is 1. The van der Waals surface area contributed by atoms with Crippen LogP contribution in [0.4, 0.5) is 0 Å². The minimum atomic E-state index is -0.547. The van der Waals surface area contributed by atoms with E-state index in [1.54, 1.807) is 12.1 Å². The number of benzene rings is 3. The van der Waals surface area contributed by atoms with Gasteiger partial charge in [0, 0.05) is 23.4 Å². The van der Waals surface area contributed by atoms with Crippen molar-refractivity contribution in [2.45, 2.75) is 24.1 Å². The number of ketones is 1. The predicted molar refractivity (Wildman–Crippen MR) is 133 cm³/mol. The van der Waals surface area contributed by atoms with Gasteiger partial charge in [0.15, 0.2) is 11.0 Å². The third kappa shape index (κ3) is 4.63. The van der Waals surface area contributed by atoms with Crippen LogP contribution in [0.3, 0.4) is 0 Å². The Hall–Kier alpha value is -3.22. The first-order chi connectivity index (χ1) is 16.1. The number of carbonyl (C=O) groups is 2. The molecule has 1 amide bonds. The zero-order chi connectivity index (χ0) is 22.8. The summed E-state index contributed by atoms with van der Waals surface area (Å²) in [6.07, 6.45) is 0.780. The van der Waals surface area contributed by atoms with Crippen LogP contribution in [0.25, 0.3) is 0 Å². The van der Waals surface area contributed by atoms with Crippen LogP contribution in [-0.2, 0) is 4.79 Å². The molecule has 2 aliphatic heterocycles. The van der Waals surface area contributed by atoms with Crippen LogP contribution in [0.1, 0.15) is 40.4 Å². The number of rotatable bonds is 5. The summed E-state index contributed by atoms with van der Waals surface area (Å²) < 4.78 is 0. The average molecular weight is 474 g/mol. The van der Waals surface area contributed by atoms with E-state index >= 15 is 0 Å². The van der Waals surface area contributed by atoms with Crippen molar-refractivity contribution in [1.29, 1.82) is 0 Å². The van der Waals surface area contributed by atoms with Crippen molar-refractivity contribution < 1.29 is 9.59 Å². The number of thioether (sulfide) groups is 1. The van der Waals surface area contributed by atoms with Gasteiger partial charge < -0.3 is 0 Å². The van der Waals surface area contributed by atoms with Crippen molar-refractivity contribution in [3.63, 3.8) is 0 Å². The highest BCUT2D eigenvalue weighted by Crippen LogP contribution is 2.39. The number of amidine groups is 1. The Morgan fingerprint density at radius 1 is 0.970 bits per heavy atom. The number of halogens is 1. The molecular weight excluding hydrogens is 454 g/mol. The molecule has 0 bridgehead atoms.